The minimum atomic E-state index is -2.10. The van der Waals surface area contributed by atoms with Crippen molar-refractivity contribution in [2.75, 3.05) is 26.4 Å². The topological polar surface area (TPSA) is 58.2 Å². The summed E-state index contributed by atoms with van der Waals surface area (Å²) in [7, 11) is -2.10. The van der Waals surface area contributed by atoms with Crippen LogP contribution in [0.15, 0.2) is 0 Å². The Balaban J connectivity index is 3.31. The fraction of sp³-hybridized carbons (Fsp3) is 0.900. The zero-order valence-corrected chi connectivity index (χ0v) is 10.9. The summed E-state index contributed by atoms with van der Waals surface area (Å²) in [6.07, 6.45) is 3.29. The van der Waals surface area contributed by atoms with Crippen LogP contribution < -0.4 is 10.4 Å². The highest BCUT2D eigenvalue weighted by Crippen LogP contribution is 2.29. The van der Waals surface area contributed by atoms with Gasteiger partial charge in [-0.05, 0) is 19.3 Å². The van der Waals surface area contributed by atoms with E-state index in [1.165, 1.54) is 0 Å². The van der Waals surface area contributed by atoms with Crippen molar-refractivity contribution in [3.8, 4) is 0 Å². The van der Waals surface area contributed by atoms with Crippen LogP contribution in [0.4, 0.5) is 0 Å². The van der Waals surface area contributed by atoms with Crippen LogP contribution in [-0.4, -0.2) is 32.3 Å². The van der Waals surface area contributed by atoms with Gasteiger partial charge in [0.1, 0.15) is 7.29 Å². The lowest BCUT2D eigenvalue weighted by Crippen LogP contribution is -2.23. The fourth-order valence-electron chi connectivity index (χ4n) is 1.11. The smallest absolute Gasteiger partial charge is 0.219 e. The van der Waals surface area contributed by atoms with E-state index in [4.69, 9.17) is 0 Å². The molecule has 2 N–H and O–H groups in total. The molecule has 0 aromatic heterocycles. The van der Waals surface area contributed by atoms with Gasteiger partial charge < -0.3 is 9.88 Å². The van der Waals surface area contributed by atoms with Crippen LogP contribution in [-0.2, 0) is 9.36 Å². The minimum Gasteiger partial charge on any atom is -0.356 e. The van der Waals surface area contributed by atoms with Crippen LogP contribution in [0.5, 0.6) is 0 Å². The molecule has 0 fully saturated rings. The van der Waals surface area contributed by atoms with Gasteiger partial charge in [-0.15, -0.1) is 0 Å². The van der Waals surface area contributed by atoms with E-state index in [1.807, 2.05) is 6.92 Å². The molecule has 0 atom stereocenters. The number of hydrogen-bond acceptors (Lipinski definition) is 2. The first-order valence-corrected chi connectivity index (χ1v) is 8.12. The maximum atomic E-state index is 11.3. The van der Waals surface area contributed by atoms with Crippen molar-refractivity contribution in [2.24, 2.45) is 0 Å². The highest BCUT2D eigenvalue weighted by atomic mass is 31.2. The average molecular weight is 234 g/mol. The lowest BCUT2D eigenvalue weighted by molar-refractivity contribution is -0.121. The third-order valence-corrected chi connectivity index (χ3v) is 2.88. The van der Waals surface area contributed by atoms with E-state index in [2.05, 4.69) is 10.4 Å². The zero-order valence-electron chi connectivity index (χ0n) is 10.0. The number of amides is 1. The molecule has 1 amide bonds. The zero-order chi connectivity index (χ0) is 11.7. The Morgan fingerprint density at radius 2 is 1.87 bits per heavy atom. The molecular weight excluding hydrogens is 211 g/mol. The summed E-state index contributed by atoms with van der Waals surface area (Å²) in [6, 6.07) is 0. The predicted molar refractivity (Wildman–Crippen MR) is 64.6 cm³/mol. The normalized spacial score (nSPS) is 11.4. The fourth-order valence-corrected chi connectivity index (χ4v) is 1.81. The largest absolute Gasteiger partial charge is 0.356 e. The maximum Gasteiger partial charge on any atom is 0.219 e. The lowest BCUT2D eigenvalue weighted by atomic mass is 10.2. The van der Waals surface area contributed by atoms with Crippen LogP contribution >= 0.6 is 7.29 Å². The van der Waals surface area contributed by atoms with Crippen molar-refractivity contribution in [1.29, 1.82) is 0 Å². The molecule has 0 aromatic carbocycles. The van der Waals surface area contributed by atoms with E-state index < -0.39 is 7.29 Å². The third-order valence-electron chi connectivity index (χ3n) is 1.90. The molecule has 0 bridgehead atoms. The van der Waals surface area contributed by atoms with Crippen LogP contribution in [0, 0.1) is 0 Å². The quantitative estimate of drug-likeness (QED) is 0.497. The molecule has 0 aromatic rings. The molecule has 90 valence electrons. The van der Waals surface area contributed by atoms with Crippen LogP contribution in [0.25, 0.3) is 0 Å². The van der Waals surface area contributed by atoms with Gasteiger partial charge in [0.25, 0.3) is 0 Å². The summed E-state index contributed by atoms with van der Waals surface area (Å²) >= 11 is 0. The van der Waals surface area contributed by atoms with Crippen molar-refractivity contribution in [3.05, 3.63) is 0 Å². The van der Waals surface area contributed by atoms with E-state index in [0.717, 1.165) is 32.4 Å². The molecule has 0 saturated heterocycles. The lowest BCUT2D eigenvalue weighted by Gasteiger charge is -2.08. The van der Waals surface area contributed by atoms with Gasteiger partial charge in [-0.2, -0.15) is 0 Å². The third kappa shape index (κ3) is 11.6. The van der Waals surface area contributed by atoms with E-state index >= 15 is 0 Å². The van der Waals surface area contributed by atoms with Gasteiger partial charge >= 0.3 is 0 Å². The van der Waals surface area contributed by atoms with Crippen molar-refractivity contribution < 1.29 is 9.36 Å². The van der Waals surface area contributed by atoms with Gasteiger partial charge in [0.05, 0.1) is 0 Å². The predicted octanol–water partition coefficient (Wildman–Crippen LogP) is 1.81. The number of nitrogens with one attached hydrogen (secondary N) is 2. The molecule has 0 spiro atoms. The van der Waals surface area contributed by atoms with Gasteiger partial charge in [0, 0.05) is 32.8 Å². The van der Waals surface area contributed by atoms with Crippen LogP contribution in [0.1, 0.15) is 32.6 Å². The van der Waals surface area contributed by atoms with E-state index in [1.54, 1.807) is 13.3 Å². The molecule has 0 heterocycles. The second-order valence-corrected chi connectivity index (χ2v) is 7.08. The maximum absolute atomic E-state index is 11.3. The molecular formula is C10H23N2O2P. The van der Waals surface area contributed by atoms with Crippen molar-refractivity contribution in [3.63, 3.8) is 0 Å². The highest BCUT2D eigenvalue weighted by molar-refractivity contribution is 7.60. The number of rotatable bonds is 8. The molecule has 0 aliphatic heterocycles. The molecule has 15 heavy (non-hydrogen) atoms. The summed E-state index contributed by atoms with van der Waals surface area (Å²) in [6.45, 7) is 6.94. The van der Waals surface area contributed by atoms with Crippen molar-refractivity contribution in [1.82, 2.24) is 10.4 Å². The van der Waals surface area contributed by atoms with Crippen molar-refractivity contribution >= 4 is 13.2 Å². The molecule has 0 radical (unpaired) electrons. The molecule has 4 nitrogen and oxygen atoms in total. The van der Waals surface area contributed by atoms with Crippen molar-refractivity contribution in [2.45, 2.75) is 32.6 Å². The Morgan fingerprint density at radius 3 is 2.40 bits per heavy atom. The highest BCUT2D eigenvalue weighted by Gasteiger charge is 2.04. The standard InChI is InChI=1S/C10H23N2O2P/c1-4-8-11-10(13)7-5-6-9-12-15(2,3)14/h4-9H2,1-3H3,(H,11,13)(H,12,14). The van der Waals surface area contributed by atoms with E-state index in [-0.39, 0.29) is 5.91 Å². The molecule has 0 rings (SSSR count). The van der Waals surface area contributed by atoms with Crippen LogP contribution in [0.2, 0.25) is 0 Å². The SMILES string of the molecule is CCCNC(=O)CCCCNP(C)(C)=O. The second kappa shape index (κ2) is 7.89. The molecule has 5 heteroatoms. The Labute approximate surface area is 92.6 Å². The Morgan fingerprint density at radius 1 is 1.20 bits per heavy atom. The van der Waals surface area contributed by atoms with E-state index in [0.29, 0.717) is 6.42 Å². The first kappa shape index (κ1) is 14.7. The number of unbranched alkanes of at least 4 members (excludes halogenated alkanes) is 1. The van der Waals surface area contributed by atoms with Gasteiger partial charge in [-0.1, -0.05) is 6.92 Å². The first-order valence-electron chi connectivity index (χ1n) is 5.52. The monoisotopic (exact) mass is 234 g/mol. The Kier molecular flexibility index (Phi) is 7.71. The van der Waals surface area contributed by atoms with Gasteiger partial charge in [0.15, 0.2) is 0 Å². The van der Waals surface area contributed by atoms with Gasteiger partial charge in [-0.25, -0.2) is 0 Å². The second-order valence-electron chi connectivity index (χ2n) is 4.07. The van der Waals surface area contributed by atoms with Crippen LogP contribution in [0.3, 0.4) is 0 Å². The molecule has 0 aliphatic carbocycles. The summed E-state index contributed by atoms with van der Waals surface area (Å²) in [4.78, 5) is 11.2. The average Bonchev–Trinajstić information content (AvgIpc) is 2.12. The first-order chi connectivity index (χ1) is 6.95. The summed E-state index contributed by atoms with van der Waals surface area (Å²) in [5.41, 5.74) is 0. The summed E-state index contributed by atoms with van der Waals surface area (Å²) in [5.74, 6) is 0.119. The number of hydrogen-bond donors (Lipinski definition) is 2. The number of carbonyl (C=O) groups excluding carboxylic acids is 1. The van der Waals surface area contributed by atoms with E-state index in [9.17, 15) is 9.36 Å². The molecule has 0 unspecified atom stereocenters. The summed E-state index contributed by atoms with van der Waals surface area (Å²) in [5, 5.41) is 5.79. The number of carbonyl (C=O) groups is 1. The Bertz CT molecular complexity index is 225. The molecule has 0 aliphatic rings. The van der Waals surface area contributed by atoms with Gasteiger partial charge in [-0.3, -0.25) is 9.88 Å². The minimum absolute atomic E-state index is 0.119. The summed E-state index contributed by atoms with van der Waals surface area (Å²) < 4.78 is 11.3. The molecule has 0 saturated carbocycles. The van der Waals surface area contributed by atoms with Gasteiger partial charge in [0.2, 0.25) is 5.91 Å². The Hall–Kier alpha value is -0.340.